The van der Waals surface area contributed by atoms with Crippen LogP contribution in [0.5, 0.6) is 0 Å². The molecule has 21 heavy (non-hydrogen) atoms. The molecule has 0 atom stereocenters. The second-order valence-corrected chi connectivity index (χ2v) is 5.11. The molecule has 0 saturated carbocycles. The number of carbonyl (C=O) groups is 3. The summed E-state index contributed by atoms with van der Waals surface area (Å²) in [6.45, 7) is 1.72. The molecular formula is C16H10ClNO3. The maximum absolute atomic E-state index is 12.4. The van der Waals surface area contributed by atoms with Gasteiger partial charge in [-0.3, -0.25) is 14.4 Å². The Bertz CT molecular complexity index is 763. The number of imide groups is 1. The first-order chi connectivity index (χ1) is 10.0. The number of benzene rings is 2. The van der Waals surface area contributed by atoms with Gasteiger partial charge in [0.05, 0.1) is 16.8 Å². The van der Waals surface area contributed by atoms with Crippen LogP contribution >= 0.6 is 11.6 Å². The number of hydrogen-bond donors (Lipinski definition) is 0. The van der Waals surface area contributed by atoms with Gasteiger partial charge in [0.1, 0.15) is 0 Å². The van der Waals surface area contributed by atoms with Gasteiger partial charge in [-0.1, -0.05) is 12.1 Å². The summed E-state index contributed by atoms with van der Waals surface area (Å²) in [4.78, 5) is 37.1. The van der Waals surface area contributed by atoms with Crippen LogP contribution in [-0.2, 0) is 0 Å². The number of amides is 2. The Morgan fingerprint density at radius 3 is 2.05 bits per heavy atom. The average molecular weight is 300 g/mol. The van der Waals surface area contributed by atoms with E-state index in [0.29, 0.717) is 27.9 Å². The molecule has 0 spiro atoms. The SMILES string of the molecule is Cc1cc(C(=O)Cl)ccc1N1C(=O)c2ccccc2C1=O. The highest BCUT2D eigenvalue weighted by Gasteiger charge is 2.36. The van der Waals surface area contributed by atoms with E-state index in [9.17, 15) is 14.4 Å². The highest BCUT2D eigenvalue weighted by Crippen LogP contribution is 2.31. The molecule has 2 aromatic rings. The number of halogens is 1. The van der Waals surface area contributed by atoms with Crippen molar-refractivity contribution in [3.63, 3.8) is 0 Å². The minimum atomic E-state index is -0.577. The first-order valence-electron chi connectivity index (χ1n) is 6.29. The minimum Gasteiger partial charge on any atom is -0.276 e. The Balaban J connectivity index is 2.09. The van der Waals surface area contributed by atoms with Crippen LogP contribution in [0, 0.1) is 6.92 Å². The second kappa shape index (κ2) is 4.82. The van der Waals surface area contributed by atoms with Crippen molar-refractivity contribution in [3.05, 3.63) is 64.7 Å². The Hall–Kier alpha value is -2.46. The first-order valence-corrected chi connectivity index (χ1v) is 6.67. The maximum atomic E-state index is 12.4. The minimum absolute atomic E-state index is 0.328. The fourth-order valence-electron chi connectivity index (χ4n) is 2.44. The summed E-state index contributed by atoms with van der Waals surface area (Å²) in [7, 11) is 0. The van der Waals surface area contributed by atoms with Gasteiger partial charge in [-0.2, -0.15) is 0 Å². The first kappa shape index (κ1) is 13.5. The van der Waals surface area contributed by atoms with Crippen LogP contribution in [0.1, 0.15) is 36.6 Å². The molecule has 0 N–H and O–H groups in total. The molecular weight excluding hydrogens is 290 g/mol. The van der Waals surface area contributed by atoms with Crippen LogP contribution in [0.25, 0.3) is 0 Å². The lowest BCUT2D eigenvalue weighted by molar-refractivity contribution is 0.0925. The Kier molecular flexibility index (Phi) is 3.11. The van der Waals surface area contributed by atoms with Gasteiger partial charge in [0.2, 0.25) is 0 Å². The number of nitrogens with zero attached hydrogens (tertiary/aromatic N) is 1. The summed E-state index contributed by atoms with van der Waals surface area (Å²) in [5.74, 6) is -0.715. The molecule has 0 unspecified atom stereocenters. The van der Waals surface area contributed by atoms with Crippen LogP contribution in [0.4, 0.5) is 5.69 Å². The molecule has 0 fully saturated rings. The molecule has 5 heteroatoms. The molecule has 0 radical (unpaired) electrons. The van der Waals surface area contributed by atoms with Gasteiger partial charge in [-0.05, 0) is 54.4 Å². The van der Waals surface area contributed by atoms with Crippen molar-refractivity contribution in [1.82, 2.24) is 0 Å². The van der Waals surface area contributed by atoms with Crippen LogP contribution in [0.15, 0.2) is 42.5 Å². The number of rotatable bonds is 2. The van der Waals surface area contributed by atoms with Crippen LogP contribution in [-0.4, -0.2) is 17.1 Å². The third-order valence-corrected chi connectivity index (χ3v) is 3.68. The van der Waals surface area contributed by atoms with Crippen LogP contribution < -0.4 is 4.90 Å². The molecule has 104 valence electrons. The monoisotopic (exact) mass is 299 g/mol. The molecule has 0 bridgehead atoms. The summed E-state index contributed by atoms with van der Waals surface area (Å²) < 4.78 is 0. The van der Waals surface area contributed by atoms with E-state index in [-0.39, 0.29) is 11.8 Å². The highest BCUT2D eigenvalue weighted by molar-refractivity contribution is 6.67. The van der Waals surface area contributed by atoms with Gasteiger partial charge in [-0.25, -0.2) is 4.90 Å². The van der Waals surface area contributed by atoms with Gasteiger partial charge >= 0.3 is 0 Å². The third kappa shape index (κ3) is 2.04. The Morgan fingerprint density at radius 1 is 1.00 bits per heavy atom. The molecule has 0 saturated heterocycles. The molecule has 0 aliphatic carbocycles. The van der Waals surface area contributed by atoms with E-state index in [0.717, 1.165) is 4.90 Å². The summed E-state index contributed by atoms with van der Waals surface area (Å²) in [5, 5.41) is -0.577. The van der Waals surface area contributed by atoms with E-state index in [4.69, 9.17) is 11.6 Å². The summed E-state index contributed by atoms with van der Waals surface area (Å²) in [5.41, 5.74) is 2.20. The molecule has 0 aromatic heterocycles. The van der Waals surface area contributed by atoms with Crippen molar-refractivity contribution < 1.29 is 14.4 Å². The van der Waals surface area contributed by atoms with Gasteiger partial charge in [0.25, 0.3) is 17.1 Å². The highest BCUT2D eigenvalue weighted by atomic mass is 35.5. The lowest BCUT2D eigenvalue weighted by Gasteiger charge is -2.16. The van der Waals surface area contributed by atoms with Crippen molar-refractivity contribution in [2.45, 2.75) is 6.92 Å². The number of carbonyl (C=O) groups excluding carboxylic acids is 3. The maximum Gasteiger partial charge on any atom is 0.266 e. The largest absolute Gasteiger partial charge is 0.276 e. The van der Waals surface area contributed by atoms with Crippen molar-refractivity contribution in [3.8, 4) is 0 Å². The van der Waals surface area contributed by atoms with E-state index < -0.39 is 5.24 Å². The van der Waals surface area contributed by atoms with Gasteiger partial charge in [-0.15, -0.1) is 0 Å². The zero-order chi connectivity index (χ0) is 15.1. The normalized spacial score (nSPS) is 13.5. The zero-order valence-electron chi connectivity index (χ0n) is 11.1. The van der Waals surface area contributed by atoms with Gasteiger partial charge in [0.15, 0.2) is 0 Å². The van der Waals surface area contributed by atoms with Crippen LogP contribution in [0.2, 0.25) is 0 Å². The molecule has 2 aromatic carbocycles. The Morgan fingerprint density at radius 2 is 1.57 bits per heavy atom. The van der Waals surface area contributed by atoms with E-state index >= 15 is 0 Å². The van der Waals surface area contributed by atoms with Crippen molar-refractivity contribution in [1.29, 1.82) is 0 Å². The fraction of sp³-hybridized carbons (Fsp3) is 0.0625. The van der Waals surface area contributed by atoms with E-state index in [1.165, 1.54) is 6.07 Å². The molecule has 4 nitrogen and oxygen atoms in total. The van der Waals surface area contributed by atoms with Crippen molar-refractivity contribution in [2.24, 2.45) is 0 Å². The molecule has 2 amide bonds. The van der Waals surface area contributed by atoms with Crippen molar-refractivity contribution >= 4 is 34.3 Å². The quantitative estimate of drug-likeness (QED) is 0.632. The average Bonchev–Trinajstić information content (AvgIpc) is 2.72. The lowest BCUT2D eigenvalue weighted by Crippen LogP contribution is -2.30. The molecule has 1 heterocycles. The topological polar surface area (TPSA) is 54.5 Å². The fourth-order valence-corrected chi connectivity index (χ4v) is 2.55. The van der Waals surface area contributed by atoms with E-state index in [1.807, 2.05) is 0 Å². The second-order valence-electron chi connectivity index (χ2n) is 4.77. The number of fused-ring (bicyclic) bond motifs is 1. The molecule has 1 aliphatic heterocycles. The van der Waals surface area contributed by atoms with Crippen LogP contribution in [0.3, 0.4) is 0 Å². The predicted octanol–water partition coefficient (Wildman–Crippen LogP) is 3.17. The molecule has 3 rings (SSSR count). The van der Waals surface area contributed by atoms with Gasteiger partial charge in [0, 0.05) is 5.56 Å². The van der Waals surface area contributed by atoms with Gasteiger partial charge < -0.3 is 0 Å². The van der Waals surface area contributed by atoms with E-state index in [1.54, 1.807) is 43.3 Å². The molecule has 1 aliphatic rings. The number of anilines is 1. The number of hydrogen-bond acceptors (Lipinski definition) is 3. The predicted molar refractivity (Wildman–Crippen MR) is 78.9 cm³/mol. The Labute approximate surface area is 125 Å². The standard InChI is InChI=1S/C16H10ClNO3/c1-9-8-10(14(17)19)6-7-13(9)18-15(20)11-4-2-3-5-12(11)16(18)21/h2-8H,1H3. The smallest absolute Gasteiger partial charge is 0.266 e. The third-order valence-electron chi connectivity index (χ3n) is 3.46. The number of aryl methyl sites for hydroxylation is 1. The summed E-state index contributed by atoms with van der Waals surface area (Å²) >= 11 is 5.43. The lowest BCUT2D eigenvalue weighted by atomic mass is 10.1. The van der Waals surface area contributed by atoms with Crippen molar-refractivity contribution in [2.75, 3.05) is 4.90 Å². The summed E-state index contributed by atoms with van der Waals surface area (Å²) in [6, 6.07) is 11.3. The summed E-state index contributed by atoms with van der Waals surface area (Å²) in [6.07, 6.45) is 0. The van der Waals surface area contributed by atoms with E-state index in [2.05, 4.69) is 0 Å². The zero-order valence-corrected chi connectivity index (χ0v) is 11.8.